The van der Waals surface area contributed by atoms with Gasteiger partial charge in [0, 0.05) is 10.9 Å². The molecule has 3 atom stereocenters. The predicted molar refractivity (Wildman–Crippen MR) is 46.4 cm³/mol. The second kappa shape index (κ2) is 5.09. The van der Waals surface area contributed by atoms with Crippen LogP contribution in [0.25, 0.3) is 10.4 Å². The Morgan fingerprint density at radius 1 is 1.40 bits per heavy atom. The van der Waals surface area contributed by atoms with Crippen molar-refractivity contribution < 1.29 is 9.90 Å². The third-order valence-electron chi connectivity index (χ3n) is 2.52. The van der Waals surface area contributed by atoms with Crippen molar-refractivity contribution in [1.82, 2.24) is 4.91 Å². The van der Waals surface area contributed by atoms with E-state index in [0.717, 1.165) is 0 Å². The van der Waals surface area contributed by atoms with Crippen molar-refractivity contribution in [2.24, 2.45) is 16.1 Å². The fourth-order valence-electron chi connectivity index (χ4n) is 1.74. The third-order valence-corrected chi connectivity index (χ3v) is 2.52. The van der Waals surface area contributed by atoms with Crippen LogP contribution in [0.1, 0.15) is 19.3 Å². The first-order chi connectivity index (χ1) is 7.19. The summed E-state index contributed by atoms with van der Waals surface area (Å²) < 4.78 is 0. The van der Waals surface area contributed by atoms with Crippen LogP contribution in [-0.2, 0) is 4.79 Å². The van der Waals surface area contributed by atoms with Crippen molar-refractivity contribution >= 4 is 5.97 Å². The number of rotatable bonds is 3. The first-order valence-electron chi connectivity index (χ1n) is 4.50. The number of hydrogen-bond donors (Lipinski definition) is 1. The Hall–Kier alpha value is -1.91. The molecular formula is C7H10N6O2. The summed E-state index contributed by atoms with van der Waals surface area (Å²) in [7, 11) is 0. The van der Waals surface area contributed by atoms with Crippen molar-refractivity contribution in [3.63, 3.8) is 0 Å². The molecule has 1 aliphatic rings. The minimum Gasteiger partial charge on any atom is -0.550 e. The largest absolute Gasteiger partial charge is 0.550 e. The maximum absolute atomic E-state index is 10.6. The van der Waals surface area contributed by atoms with Crippen molar-refractivity contribution in [3.05, 3.63) is 10.4 Å². The zero-order valence-corrected chi connectivity index (χ0v) is 7.91. The molecule has 1 aliphatic carbocycles. The highest BCUT2D eigenvalue weighted by molar-refractivity contribution is 5.67. The summed E-state index contributed by atoms with van der Waals surface area (Å²) in [5, 5.41) is 17.7. The van der Waals surface area contributed by atoms with Crippen LogP contribution in [0.5, 0.6) is 0 Å². The Morgan fingerprint density at radius 2 is 2.13 bits per heavy atom. The number of carbonyl (C=O) groups excluding carboxylic acids is 1. The molecule has 0 unspecified atom stereocenters. The van der Waals surface area contributed by atoms with Gasteiger partial charge in [0.05, 0.1) is 6.04 Å². The van der Waals surface area contributed by atoms with E-state index in [-0.39, 0.29) is 12.5 Å². The van der Waals surface area contributed by atoms with Gasteiger partial charge in [-0.2, -0.15) is 0 Å². The molecule has 1 saturated carbocycles. The summed E-state index contributed by atoms with van der Waals surface area (Å²) in [6.45, 7) is 0. The van der Waals surface area contributed by atoms with Crippen molar-refractivity contribution in [1.29, 1.82) is 5.53 Å². The molecule has 0 saturated heterocycles. The van der Waals surface area contributed by atoms with E-state index in [2.05, 4.69) is 20.1 Å². The van der Waals surface area contributed by atoms with E-state index in [9.17, 15) is 9.90 Å². The van der Waals surface area contributed by atoms with E-state index in [4.69, 9.17) is 11.1 Å². The van der Waals surface area contributed by atoms with Gasteiger partial charge in [0.2, 0.25) is 4.91 Å². The molecule has 0 amide bonds. The lowest BCUT2D eigenvalue weighted by Gasteiger charge is -2.28. The summed E-state index contributed by atoms with van der Waals surface area (Å²) in [5.74, 6) is -1.73. The van der Waals surface area contributed by atoms with E-state index >= 15 is 0 Å². The second-order valence-electron chi connectivity index (χ2n) is 3.38. The smallest absolute Gasteiger partial charge is 0.214 e. The lowest BCUT2D eigenvalue weighted by Crippen LogP contribution is -2.40. The summed E-state index contributed by atoms with van der Waals surface area (Å²) in [6, 6.07) is -0.922. The molecule has 8 heteroatoms. The molecule has 1 fully saturated rings. The van der Waals surface area contributed by atoms with Gasteiger partial charge in [-0.3, -0.25) is 0 Å². The molecule has 0 aromatic rings. The number of nitrogens with zero attached hydrogens (tertiary/aromatic N) is 5. The monoisotopic (exact) mass is 210 g/mol. The average Bonchev–Trinajstić information content (AvgIpc) is 2.21. The lowest BCUT2D eigenvalue weighted by atomic mass is 9.83. The number of azide groups is 1. The van der Waals surface area contributed by atoms with E-state index in [1.165, 1.54) is 0 Å². The first-order valence-corrected chi connectivity index (χ1v) is 4.50. The number of aliphatic carboxylic acids is 1. The van der Waals surface area contributed by atoms with Gasteiger partial charge in [-0.05, 0) is 30.7 Å². The molecule has 0 radical (unpaired) electrons. The summed E-state index contributed by atoms with van der Waals surface area (Å²) in [6.07, 6.45) is 1.07. The maximum Gasteiger partial charge on any atom is 0.214 e. The van der Waals surface area contributed by atoms with E-state index < -0.39 is 17.9 Å². The Balaban J connectivity index is 2.77. The van der Waals surface area contributed by atoms with Gasteiger partial charge >= 0.3 is 0 Å². The standard InChI is InChI=1S/C7H10N6O2/c8-12-10-5-2-1-4(7(14)15)3-6(5)11-13-9/h4-6,8H,1-3H2/t4-,5+,6+/m0/s1. The quantitative estimate of drug-likeness (QED) is 0.402. The number of carbonyl (C=O) groups is 1. The average molecular weight is 210 g/mol. The topological polar surface area (TPSA) is 139 Å². The van der Waals surface area contributed by atoms with Crippen LogP contribution in [0.3, 0.4) is 0 Å². The third kappa shape index (κ3) is 2.77. The van der Waals surface area contributed by atoms with Crippen molar-refractivity contribution in [2.75, 3.05) is 0 Å². The van der Waals surface area contributed by atoms with Gasteiger partial charge < -0.3 is 9.90 Å². The zero-order valence-electron chi connectivity index (χ0n) is 7.91. The maximum atomic E-state index is 10.6. The molecule has 0 aromatic heterocycles. The van der Waals surface area contributed by atoms with Crippen molar-refractivity contribution in [2.45, 2.75) is 31.3 Å². The molecule has 1 N–H and O–H groups in total. The minimum absolute atomic E-state index is 0.204. The molecule has 80 valence electrons. The van der Waals surface area contributed by atoms with Gasteiger partial charge in [-0.15, -0.1) is 0 Å². The van der Waals surface area contributed by atoms with E-state index in [0.29, 0.717) is 12.8 Å². The Kier molecular flexibility index (Phi) is 3.79. The number of hydrogen-bond acceptors (Lipinski definition) is 5. The highest BCUT2D eigenvalue weighted by Gasteiger charge is 2.33. The summed E-state index contributed by atoms with van der Waals surface area (Å²) in [5.41, 5.74) is 14.9. The van der Waals surface area contributed by atoms with Crippen LogP contribution in [0, 0.1) is 11.4 Å². The first kappa shape index (κ1) is 11.2. The van der Waals surface area contributed by atoms with Crippen LogP contribution >= 0.6 is 0 Å². The van der Waals surface area contributed by atoms with Crippen LogP contribution in [0.2, 0.25) is 0 Å². The Bertz CT molecular complexity index is 343. The number of nitrogens with one attached hydrogen (secondary N) is 1. The zero-order chi connectivity index (χ0) is 11.3. The molecule has 0 bridgehead atoms. The Morgan fingerprint density at radius 3 is 2.67 bits per heavy atom. The summed E-state index contributed by atoms with van der Waals surface area (Å²) in [4.78, 5) is 16.2. The number of carboxylic acid groups (broad SMARTS) is 1. The van der Waals surface area contributed by atoms with Crippen LogP contribution < -0.4 is 10.0 Å². The molecule has 8 nitrogen and oxygen atoms in total. The van der Waals surface area contributed by atoms with Gasteiger partial charge in [-0.25, -0.2) is 0 Å². The van der Waals surface area contributed by atoms with Crippen LogP contribution in [0.4, 0.5) is 0 Å². The SMILES string of the molecule is [N-]=[N+]=N[C@@H]1C[C@@H](C(=O)[O-])CC[C@H]1N=[N+]=N. The molecule has 0 heterocycles. The molecule has 1 rings (SSSR count). The van der Waals surface area contributed by atoms with Gasteiger partial charge in [0.15, 0.2) is 0 Å². The highest BCUT2D eigenvalue weighted by Crippen LogP contribution is 2.28. The Labute approximate surface area is 85.1 Å². The lowest BCUT2D eigenvalue weighted by molar-refractivity contribution is -0.312. The van der Waals surface area contributed by atoms with Crippen LogP contribution in [-0.4, -0.2) is 18.1 Å². The second-order valence-corrected chi connectivity index (χ2v) is 3.38. The number of carboxylic acids is 1. The molecular weight excluding hydrogens is 200 g/mol. The molecule has 0 spiro atoms. The van der Waals surface area contributed by atoms with E-state index in [1.807, 2.05) is 0 Å². The van der Waals surface area contributed by atoms with E-state index in [1.54, 1.807) is 0 Å². The van der Waals surface area contributed by atoms with Gasteiger partial charge in [-0.1, -0.05) is 5.11 Å². The summed E-state index contributed by atoms with van der Waals surface area (Å²) >= 11 is 0. The molecule has 15 heavy (non-hydrogen) atoms. The minimum atomic E-state index is -1.13. The molecule has 0 aromatic carbocycles. The van der Waals surface area contributed by atoms with Gasteiger partial charge in [0.25, 0.3) is 0 Å². The fraction of sp³-hybridized carbons (Fsp3) is 0.857. The highest BCUT2D eigenvalue weighted by atomic mass is 16.4. The molecule has 0 aliphatic heterocycles. The van der Waals surface area contributed by atoms with Gasteiger partial charge in [0.1, 0.15) is 16.7 Å². The predicted octanol–water partition coefficient (Wildman–Crippen LogP) is 0.134. The normalized spacial score (nSPS) is 29.7. The fourth-order valence-corrected chi connectivity index (χ4v) is 1.74. The van der Waals surface area contributed by atoms with Crippen molar-refractivity contribution in [3.8, 4) is 0 Å². The van der Waals surface area contributed by atoms with Crippen LogP contribution in [0.15, 0.2) is 10.2 Å².